The van der Waals surface area contributed by atoms with Crippen LogP contribution in [0.1, 0.15) is 50.2 Å². The van der Waals surface area contributed by atoms with E-state index >= 15 is 0 Å². The van der Waals surface area contributed by atoms with E-state index in [4.69, 9.17) is 0 Å². The molecule has 4 heteroatoms. The molecular weight excluding hydrogens is 276 g/mol. The van der Waals surface area contributed by atoms with Gasteiger partial charge in [0.15, 0.2) is 0 Å². The molecule has 1 saturated heterocycles. The summed E-state index contributed by atoms with van der Waals surface area (Å²) in [7, 11) is 0. The minimum atomic E-state index is -0.513. The van der Waals surface area contributed by atoms with Gasteiger partial charge in [-0.15, -0.1) is 0 Å². The highest BCUT2D eigenvalue weighted by Crippen LogP contribution is 2.33. The van der Waals surface area contributed by atoms with Gasteiger partial charge in [0.2, 0.25) is 5.91 Å². The largest absolute Gasteiger partial charge is 0.388 e. The molecule has 2 fully saturated rings. The molecule has 3 rings (SSSR count). The Bertz CT molecular complexity index is 477. The fraction of sp³-hybridized carbons (Fsp3) is 0.611. The lowest BCUT2D eigenvalue weighted by Crippen LogP contribution is -2.43. The zero-order chi connectivity index (χ0) is 15.4. The van der Waals surface area contributed by atoms with E-state index in [1.807, 2.05) is 30.3 Å². The molecule has 3 N–H and O–H groups in total. The fourth-order valence-corrected chi connectivity index (χ4v) is 3.82. The van der Waals surface area contributed by atoms with Crippen LogP contribution in [0.15, 0.2) is 30.3 Å². The van der Waals surface area contributed by atoms with Gasteiger partial charge in [0.25, 0.3) is 0 Å². The Morgan fingerprint density at radius 3 is 2.82 bits per heavy atom. The third kappa shape index (κ3) is 3.68. The molecule has 1 aromatic rings. The summed E-state index contributed by atoms with van der Waals surface area (Å²) in [6, 6.07) is 10.1. The third-order valence-electron chi connectivity index (χ3n) is 5.08. The summed E-state index contributed by atoms with van der Waals surface area (Å²) in [4.78, 5) is 12.3. The Hall–Kier alpha value is -1.39. The van der Waals surface area contributed by atoms with Gasteiger partial charge >= 0.3 is 0 Å². The van der Waals surface area contributed by atoms with Crippen molar-refractivity contribution < 1.29 is 9.90 Å². The predicted octanol–water partition coefficient (Wildman–Crippen LogP) is 2.15. The molecular formula is C18H26N2O2. The van der Waals surface area contributed by atoms with Crippen molar-refractivity contribution in [1.82, 2.24) is 10.6 Å². The van der Waals surface area contributed by atoms with Crippen molar-refractivity contribution in [2.24, 2.45) is 5.92 Å². The summed E-state index contributed by atoms with van der Waals surface area (Å²) in [6.07, 6.45) is 6.06. The molecule has 4 unspecified atom stereocenters. The smallest absolute Gasteiger partial charge is 0.237 e. The first-order chi connectivity index (χ1) is 10.7. The normalized spacial score (nSPS) is 28.9. The number of aliphatic hydroxyl groups is 1. The van der Waals surface area contributed by atoms with Crippen LogP contribution in [-0.2, 0) is 4.79 Å². The number of nitrogens with one attached hydrogen (secondary N) is 2. The van der Waals surface area contributed by atoms with Gasteiger partial charge in [0.1, 0.15) is 0 Å². The molecule has 4 atom stereocenters. The highest BCUT2D eigenvalue weighted by Gasteiger charge is 2.37. The number of rotatable bonds is 5. The molecule has 120 valence electrons. The number of carbonyl (C=O) groups is 1. The fourth-order valence-electron chi connectivity index (χ4n) is 3.82. The van der Waals surface area contributed by atoms with Gasteiger partial charge in [-0.1, -0.05) is 43.2 Å². The van der Waals surface area contributed by atoms with E-state index in [0.29, 0.717) is 24.9 Å². The molecule has 0 bridgehead atoms. The van der Waals surface area contributed by atoms with Gasteiger partial charge in [-0.05, 0) is 37.2 Å². The number of aliphatic hydroxyl groups excluding tert-OH is 1. The van der Waals surface area contributed by atoms with Crippen molar-refractivity contribution in [2.45, 2.75) is 56.7 Å². The van der Waals surface area contributed by atoms with Crippen molar-refractivity contribution in [3.05, 3.63) is 35.9 Å². The zero-order valence-electron chi connectivity index (χ0n) is 13.0. The average Bonchev–Trinajstić information content (AvgIpc) is 2.99. The van der Waals surface area contributed by atoms with Crippen LogP contribution in [0.25, 0.3) is 0 Å². The Morgan fingerprint density at radius 2 is 2.05 bits per heavy atom. The van der Waals surface area contributed by atoms with E-state index in [1.54, 1.807) is 0 Å². The first kappa shape index (κ1) is 15.5. The highest BCUT2D eigenvalue weighted by molar-refractivity contribution is 5.82. The van der Waals surface area contributed by atoms with E-state index in [0.717, 1.165) is 12.0 Å². The van der Waals surface area contributed by atoms with Gasteiger partial charge < -0.3 is 15.7 Å². The summed E-state index contributed by atoms with van der Waals surface area (Å²) < 4.78 is 0. The van der Waals surface area contributed by atoms with E-state index in [2.05, 4.69) is 10.6 Å². The van der Waals surface area contributed by atoms with Crippen LogP contribution in [0.2, 0.25) is 0 Å². The minimum Gasteiger partial charge on any atom is -0.388 e. The zero-order valence-corrected chi connectivity index (χ0v) is 13.0. The number of amides is 1. The van der Waals surface area contributed by atoms with Gasteiger partial charge in [-0.25, -0.2) is 0 Å². The lowest BCUT2D eigenvalue weighted by atomic mass is 9.85. The lowest BCUT2D eigenvalue weighted by Gasteiger charge is -2.24. The lowest BCUT2D eigenvalue weighted by molar-refractivity contribution is -0.122. The molecule has 1 aliphatic carbocycles. The molecule has 1 aromatic carbocycles. The summed E-state index contributed by atoms with van der Waals surface area (Å²) >= 11 is 0. The minimum absolute atomic E-state index is 0.0398. The summed E-state index contributed by atoms with van der Waals surface area (Å²) in [5, 5.41) is 16.6. The standard InChI is InChI=1S/C18H26N2O2/c21-17(13-6-2-1-3-7-13)10-11-19-18(22)16-12-14-8-4-5-9-15(14)20-16/h1-3,6-7,14-17,20-21H,4-5,8-12H2,(H,19,22). The van der Waals surface area contributed by atoms with Crippen LogP contribution < -0.4 is 10.6 Å². The number of carbonyl (C=O) groups excluding carboxylic acids is 1. The quantitative estimate of drug-likeness (QED) is 0.781. The van der Waals surface area contributed by atoms with Gasteiger partial charge in [0.05, 0.1) is 12.1 Å². The second kappa shape index (κ2) is 7.25. The maximum absolute atomic E-state index is 12.3. The Labute approximate surface area is 132 Å². The predicted molar refractivity (Wildman–Crippen MR) is 86.3 cm³/mol. The molecule has 0 aromatic heterocycles. The Balaban J connectivity index is 1.41. The van der Waals surface area contributed by atoms with Crippen molar-refractivity contribution in [3.8, 4) is 0 Å². The molecule has 1 amide bonds. The van der Waals surface area contributed by atoms with E-state index in [1.165, 1.54) is 25.7 Å². The molecule has 0 radical (unpaired) electrons. The van der Waals surface area contributed by atoms with Gasteiger partial charge in [-0.2, -0.15) is 0 Å². The Kier molecular flexibility index (Phi) is 5.11. The number of hydrogen-bond acceptors (Lipinski definition) is 3. The molecule has 1 saturated carbocycles. The molecule has 22 heavy (non-hydrogen) atoms. The average molecular weight is 302 g/mol. The third-order valence-corrected chi connectivity index (χ3v) is 5.08. The first-order valence-electron chi connectivity index (χ1n) is 8.51. The molecule has 1 heterocycles. The van der Waals surface area contributed by atoms with Crippen molar-refractivity contribution in [3.63, 3.8) is 0 Å². The van der Waals surface area contributed by atoms with Crippen LogP contribution >= 0.6 is 0 Å². The number of benzene rings is 1. The van der Waals surface area contributed by atoms with Gasteiger partial charge in [0, 0.05) is 12.6 Å². The monoisotopic (exact) mass is 302 g/mol. The summed E-state index contributed by atoms with van der Waals surface area (Å²) in [5.74, 6) is 0.772. The van der Waals surface area contributed by atoms with E-state index in [9.17, 15) is 9.90 Å². The van der Waals surface area contributed by atoms with Crippen molar-refractivity contribution in [1.29, 1.82) is 0 Å². The Morgan fingerprint density at radius 1 is 1.27 bits per heavy atom. The first-order valence-corrected chi connectivity index (χ1v) is 8.51. The van der Waals surface area contributed by atoms with E-state index in [-0.39, 0.29) is 11.9 Å². The van der Waals surface area contributed by atoms with Crippen molar-refractivity contribution >= 4 is 5.91 Å². The second-order valence-electron chi connectivity index (χ2n) is 6.61. The SMILES string of the molecule is O=C(NCCC(O)c1ccccc1)C1CC2CCCCC2N1. The highest BCUT2D eigenvalue weighted by atomic mass is 16.3. The molecule has 2 aliphatic rings. The molecule has 4 nitrogen and oxygen atoms in total. The summed E-state index contributed by atoms with van der Waals surface area (Å²) in [5.41, 5.74) is 0.904. The number of hydrogen-bond donors (Lipinski definition) is 3. The topological polar surface area (TPSA) is 61.4 Å². The van der Waals surface area contributed by atoms with E-state index < -0.39 is 6.10 Å². The molecule has 0 spiro atoms. The maximum Gasteiger partial charge on any atom is 0.237 e. The second-order valence-corrected chi connectivity index (χ2v) is 6.61. The van der Waals surface area contributed by atoms with Crippen molar-refractivity contribution in [2.75, 3.05) is 6.54 Å². The van der Waals surface area contributed by atoms with Gasteiger partial charge in [-0.3, -0.25) is 4.79 Å². The number of fused-ring (bicyclic) bond motifs is 1. The maximum atomic E-state index is 12.3. The van der Waals surface area contributed by atoms with Crippen LogP contribution in [-0.4, -0.2) is 29.6 Å². The van der Waals surface area contributed by atoms with Crippen LogP contribution in [0, 0.1) is 5.92 Å². The van der Waals surface area contributed by atoms with Crippen LogP contribution in [0.5, 0.6) is 0 Å². The van der Waals surface area contributed by atoms with Crippen LogP contribution in [0.4, 0.5) is 0 Å². The van der Waals surface area contributed by atoms with Crippen LogP contribution in [0.3, 0.4) is 0 Å². The molecule has 1 aliphatic heterocycles. The summed E-state index contributed by atoms with van der Waals surface area (Å²) in [6.45, 7) is 0.516.